The van der Waals surface area contributed by atoms with Crippen molar-refractivity contribution >= 4 is 28.9 Å². The van der Waals surface area contributed by atoms with Gasteiger partial charge in [0, 0.05) is 19.2 Å². The lowest BCUT2D eigenvalue weighted by atomic mass is 10.3. The third kappa shape index (κ3) is 3.19. The summed E-state index contributed by atoms with van der Waals surface area (Å²) in [7, 11) is 0. The fourth-order valence-corrected chi connectivity index (χ4v) is 2.73. The first-order valence-electron chi connectivity index (χ1n) is 6.76. The zero-order valence-corrected chi connectivity index (χ0v) is 12.8. The first kappa shape index (κ1) is 14.4. The first-order valence-corrected chi connectivity index (χ1v) is 7.52. The summed E-state index contributed by atoms with van der Waals surface area (Å²) in [4.78, 5) is 18.5. The summed E-state index contributed by atoms with van der Waals surface area (Å²) in [5, 5.41) is 5.02. The molecule has 1 fully saturated rings. The standard InChI is InChI=1S/C14H14Cl2N4O/c15-11-3-4-13(16)18-12(11)9-20-14(21)7-10(8-17-20)19-5-1-2-6-19/h3-4,7-8H,1-2,5-6,9H2. The molecule has 3 heterocycles. The Balaban J connectivity index is 1.86. The van der Waals surface area contributed by atoms with Crippen LogP contribution in [0, 0.1) is 0 Å². The lowest BCUT2D eigenvalue weighted by molar-refractivity contribution is 0.626. The summed E-state index contributed by atoms with van der Waals surface area (Å²) < 4.78 is 1.34. The molecule has 1 aliphatic rings. The van der Waals surface area contributed by atoms with E-state index < -0.39 is 0 Å². The van der Waals surface area contributed by atoms with Crippen molar-refractivity contribution < 1.29 is 0 Å². The average Bonchev–Trinajstić information content (AvgIpc) is 2.99. The van der Waals surface area contributed by atoms with E-state index in [1.807, 2.05) is 0 Å². The largest absolute Gasteiger partial charge is 0.370 e. The predicted molar refractivity (Wildman–Crippen MR) is 83.3 cm³/mol. The van der Waals surface area contributed by atoms with Gasteiger partial charge < -0.3 is 4.90 Å². The molecule has 21 heavy (non-hydrogen) atoms. The monoisotopic (exact) mass is 324 g/mol. The first-order chi connectivity index (χ1) is 10.1. The van der Waals surface area contributed by atoms with Crippen LogP contribution in [0.4, 0.5) is 5.69 Å². The molecule has 1 saturated heterocycles. The smallest absolute Gasteiger partial charge is 0.269 e. The molecule has 0 saturated carbocycles. The number of halogens is 2. The second-order valence-electron chi connectivity index (χ2n) is 4.97. The third-order valence-electron chi connectivity index (χ3n) is 3.51. The van der Waals surface area contributed by atoms with Gasteiger partial charge >= 0.3 is 0 Å². The van der Waals surface area contributed by atoms with Crippen LogP contribution in [0.2, 0.25) is 10.2 Å². The van der Waals surface area contributed by atoms with Gasteiger partial charge in [-0.05, 0) is 25.0 Å². The van der Waals surface area contributed by atoms with E-state index in [0.717, 1.165) is 31.6 Å². The number of nitrogens with zero attached hydrogens (tertiary/aromatic N) is 4. The zero-order chi connectivity index (χ0) is 14.8. The van der Waals surface area contributed by atoms with Gasteiger partial charge in [0.25, 0.3) is 5.56 Å². The molecular formula is C14H14Cl2N4O. The SMILES string of the molecule is O=c1cc(N2CCCC2)cnn1Cc1nc(Cl)ccc1Cl. The van der Waals surface area contributed by atoms with Crippen LogP contribution < -0.4 is 10.5 Å². The van der Waals surface area contributed by atoms with Gasteiger partial charge in [-0.3, -0.25) is 4.79 Å². The van der Waals surface area contributed by atoms with Gasteiger partial charge in [0.05, 0.1) is 29.1 Å². The highest BCUT2D eigenvalue weighted by Gasteiger charge is 2.14. The molecule has 0 aliphatic carbocycles. The zero-order valence-electron chi connectivity index (χ0n) is 11.3. The summed E-state index contributed by atoms with van der Waals surface area (Å²) in [5.41, 5.74) is 1.24. The quantitative estimate of drug-likeness (QED) is 0.814. The van der Waals surface area contributed by atoms with Crippen LogP contribution >= 0.6 is 23.2 Å². The van der Waals surface area contributed by atoms with Crippen molar-refractivity contribution in [3.63, 3.8) is 0 Å². The van der Waals surface area contributed by atoms with E-state index in [9.17, 15) is 4.79 Å². The lowest BCUT2D eigenvalue weighted by Gasteiger charge is -2.17. The molecule has 0 spiro atoms. The Morgan fingerprint density at radius 3 is 2.67 bits per heavy atom. The molecular weight excluding hydrogens is 311 g/mol. The molecule has 0 atom stereocenters. The van der Waals surface area contributed by atoms with Gasteiger partial charge in [-0.15, -0.1) is 0 Å². The number of anilines is 1. The van der Waals surface area contributed by atoms with Gasteiger partial charge in [-0.2, -0.15) is 5.10 Å². The minimum absolute atomic E-state index is 0.169. The van der Waals surface area contributed by atoms with Crippen LogP contribution in [0.25, 0.3) is 0 Å². The molecule has 0 radical (unpaired) electrons. The summed E-state index contributed by atoms with van der Waals surface area (Å²) in [6, 6.07) is 4.88. The van der Waals surface area contributed by atoms with E-state index in [-0.39, 0.29) is 12.1 Å². The molecule has 2 aromatic heterocycles. The molecule has 0 N–H and O–H groups in total. The van der Waals surface area contributed by atoms with Crippen molar-refractivity contribution in [1.82, 2.24) is 14.8 Å². The molecule has 0 aromatic carbocycles. The van der Waals surface area contributed by atoms with Crippen LogP contribution in [-0.2, 0) is 6.54 Å². The second-order valence-corrected chi connectivity index (χ2v) is 5.76. The minimum atomic E-state index is -0.169. The molecule has 7 heteroatoms. The highest BCUT2D eigenvalue weighted by molar-refractivity contribution is 6.32. The van der Waals surface area contributed by atoms with Crippen molar-refractivity contribution in [2.75, 3.05) is 18.0 Å². The van der Waals surface area contributed by atoms with Crippen LogP contribution in [0.3, 0.4) is 0 Å². The van der Waals surface area contributed by atoms with Gasteiger partial charge in [0.15, 0.2) is 0 Å². The van der Waals surface area contributed by atoms with E-state index in [0.29, 0.717) is 15.9 Å². The van der Waals surface area contributed by atoms with Crippen molar-refractivity contribution in [1.29, 1.82) is 0 Å². The Morgan fingerprint density at radius 1 is 1.19 bits per heavy atom. The molecule has 0 bridgehead atoms. The maximum Gasteiger partial charge on any atom is 0.269 e. The fourth-order valence-electron chi connectivity index (χ4n) is 2.40. The molecule has 5 nitrogen and oxygen atoms in total. The summed E-state index contributed by atoms with van der Waals surface area (Å²) in [6.07, 6.45) is 4.03. The number of pyridine rings is 1. The van der Waals surface area contributed by atoms with Crippen LogP contribution in [0.5, 0.6) is 0 Å². The van der Waals surface area contributed by atoms with Gasteiger partial charge in [0.2, 0.25) is 0 Å². The van der Waals surface area contributed by atoms with Crippen molar-refractivity contribution in [2.45, 2.75) is 19.4 Å². The molecule has 2 aromatic rings. The maximum absolute atomic E-state index is 12.2. The van der Waals surface area contributed by atoms with Crippen LogP contribution in [-0.4, -0.2) is 27.9 Å². The maximum atomic E-state index is 12.2. The highest BCUT2D eigenvalue weighted by atomic mass is 35.5. The Hall–Kier alpha value is -1.59. The van der Waals surface area contributed by atoms with E-state index in [1.54, 1.807) is 24.4 Å². The van der Waals surface area contributed by atoms with E-state index >= 15 is 0 Å². The van der Waals surface area contributed by atoms with Gasteiger partial charge in [0.1, 0.15) is 5.15 Å². The summed E-state index contributed by atoms with van der Waals surface area (Å²) >= 11 is 11.9. The normalized spacial score (nSPS) is 14.7. The predicted octanol–water partition coefficient (Wildman–Crippen LogP) is 2.59. The second kappa shape index (κ2) is 6.03. The summed E-state index contributed by atoms with van der Waals surface area (Å²) in [5.74, 6) is 0. The number of aromatic nitrogens is 3. The highest BCUT2D eigenvalue weighted by Crippen LogP contribution is 2.19. The molecule has 0 amide bonds. The van der Waals surface area contributed by atoms with Crippen molar-refractivity contribution in [3.8, 4) is 0 Å². The van der Waals surface area contributed by atoms with E-state index in [4.69, 9.17) is 23.2 Å². The van der Waals surface area contributed by atoms with Gasteiger partial charge in [-0.1, -0.05) is 23.2 Å². The van der Waals surface area contributed by atoms with Crippen LogP contribution in [0.1, 0.15) is 18.5 Å². The third-order valence-corrected chi connectivity index (χ3v) is 4.07. The Labute approximate surface area is 132 Å². The summed E-state index contributed by atoms with van der Waals surface area (Å²) in [6.45, 7) is 2.16. The number of rotatable bonds is 3. The number of hydrogen-bond donors (Lipinski definition) is 0. The Bertz CT molecular complexity index is 710. The molecule has 1 aliphatic heterocycles. The average molecular weight is 325 g/mol. The van der Waals surface area contributed by atoms with Crippen LogP contribution in [0.15, 0.2) is 29.2 Å². The van der Waals surface area contributed by atoms with Crippen molar-refractivity contribution in [2.24, 2.45) is 0 Å². The van der Waals surface area contributed by atoms with Crippen molar-refractivity contribution in [3.05, 3.63) is 50.6 Å². The minimum Gasteiger partial charge on any atom is -0.370 e. The van der Waals surface area contributed by atoms with E-state index in [1.165, 1.54) is 4.68 Å². The topological polar surface area (TPSA) is 51.0 Å². The lowest BCUT2D eigenvalue weighted by Crippen LogP contribution is -2.26. The van der Waals surface area contributed by atoms with Gasteiger partial charge in [-0.25, -0.2) is 9.67 Å². The van der Waals surface area contributed by atoms with E-state index in [2.05, 4.69) is 15.0 Å². The molecule has 0 unspecified atom stereocenters. The Kier molecular flexibility index (Phi) is 4.12. The molecule has 110 valence electrons. The Morgan fingerprint density at radius 2 is 1.95 bits per heavy atom. The molecule has 3 rings (SSSR count). The number of hydrogen-bond acceptors (Lipinski definition) is 4. The fraction of sp³-hybridized carbons (Fsp3) is 0.357.